The van der Waals surface area contributed by atoms with Crippen molar-refractivity contribution in [1.82, 2.24) is 36.7 Å². The van der Waals surface area contributed by atoms with Crippen molar-refractivity contribution in [2.24, 2.45) is 0 Å². The number of likely N-dealkylation sites (N-methyl/N-ethyl adjacent to an activating group) is 1. The second-order valence-electron chi connectivity index (χ2n) is 10.2. The summed E-state index contributed by atoms with van der Waals surface area (Å²) in [5.41, 5.74) is -0.105. The molecule has 0 aromatic heterocycles. The van der Waals surface area contributed by atoms with Gasteiger partial charge < -0.3 is 36.8 Å². The van der Waals surface area contributed by atoms with Gasteiger partial charge >= 0.3 is 0 Å². The average Bonchev–Trinajstić information content (AvgIpc) is 2.99. The van der Waals surface area contributed by atoms with E-state index >= 15 is 0 Å². The number of hydrogen-bond acceptors (Lipinski definition) is 11. The molecule has 1 aromatic rings. The van der Waals surface area contributed by atoms with Crippen LogP contribution in [0, 0.1) is 0 Å². The Balaban J connectivity index is 1.70. The number of aromatic hydroxyl groups is 1. The summed E-state index contributed by atoms with van der Waals surface area (Å²) in [6.45, 7) is 0.510. The summed E-state index contributed by atoms with van der Waals surface area (Å²) in [6.07, 6.45) is 1.13. The first kappa shape index (κ1) is 35.9. The molecule has 1 aliphatic heterocycles. The largest absolute Gasteiger partial charge is 0.507 e. The van der Waals surface area contributed by atoms with Crippen molar-refractivity contribution in [2.45, 2.75) is 63.2 Å². The number of carbonyl (C=O) groups is 6. The number of rotatable bonds is 16. The first-order chi connectivity index (χ1) is 20.9. The third-order valence-electron chi connectivity index (χ3n) is 6.89. The van der Waals surface area contributed by atoms with Gasteiger partial charge in [0.25, 0.3) is 11.8 Å². The zero-order valence-corrected chi connectivity index (χ0v) is 24.6. The van der Waals surface area contributed by atoms with Gasteiger partial charge in [-0.3, -0.25) is 39.2 Å². The number of nitrogens with one attached hydrogen (secondary N) is 5. The van der Waals surface area contributed by atoms with E-state index in [4.69, 9.17) is 0 Å². The second kappa shape index (κ2) is 17.7. The molecular weight excluding hydrogens is 582 g/mol. The number of amides is 6. The van der Waals surface area contributed by atoms with Crippen LogP contribution in [-0.4, -0.2) is 124 Å². The molecule has 1 fully saturated rings. The summed E-state index contributed by atoms with van der Waals surface area (Å²) < 4.78 is 0. The molecule has 1 aromatic carbocycles. The van der Waals surface area contributed by atoms with Crippen LogP contribution in [-0.2, 0) is 24.0 Å². The molecule has 244 valence electrons. The topological polar surface area (TPSA) is 250 Å². The molecule has 2 rings (SSSR count). The van der Waals surface area contributed by atoms with Gasteiger partial charge in [0, 0.05) is 26.1 Å². The summed E-state index contributed by atoms with van der Waals surface area (Å²) >= 11 is 0. The van der Waals surface area contributed by atoms with Crippen LogP contribution in [0.3, 0.4) is 0 Å². The van der Waals surface area contributed by atoms with Gasteiger partial charge in [-0.05, 0) is 51.8 Å². The van der Waals surface area contributed by atoms with Gasteiger partial charge in [-0.15, -0.1) is 0 Å². The fourth-order valence-electron chi connectivity index (χ4n) is 4.29. The highest BCUT2D eigenvalue weighted by atomic mass is 16.5. The first-order valence-electron chi connectivity index (χ1n) is 14.1. The lowest BCUT2D eigenvalue weighted by atomic mass is 10.0. The molecule has 4 atom stereocenters. The van der Waals surface area contributed by atoms with Gasteiger partial charge in [-0.1, -0.05) is 12.1 Å². The maximum Gasteiger partial charge on any atom is 0.268 e. The lowest BCUT2D eigenvalue weighted by Crippen LogP contribution is -2.54. The number of hydrogen-bond donors (Lipinski definition) is 9. The standard InChI is InChI=1S/C27H41N7O10/c1-16(30-26(41)20(15-35)32-24(39)17-7-3-4-10-21(17)36)23(38)29-12-11-22(37)33(43)13-5-8-18(28-2)25(40)31-19-9-6-14-34(44)27(19)42/h3-4,7,10,16,18-20,28,35-36,43-44H,5-6,8-9,11-15H2,1-2H3,(H,29,38)(H,30,41)(H,31,40)(H,32,39)/t16-,18+,19-,20+/m0/s1. The van der Waals surface area contributed by atoms with Gasteiger partial charge in [0.15, 0.2) is 0 Å². The molecule has 6 amide bonds. The zero-order valence-electron chi connectivity index (χ0n) is 24.6. The van der Waals surface area contributed by atoms with Crippen molar-refractivity contribution < 1.29 is 49.4 Å². The molecule has 0 spiro atoms. The minimum atomic E-state index is -1.41. The number of nitrogens with zero attached hydrogens (tertiary/aromatic N) is 2. The molecule has 0 radical (unpaired) electrons. The Hall–Kier alpha value is -4.32. The number of para-hydroxylation sites is 1. The lowest BCUT2D eigenvalue weighted by molar-refractivity contribution is -0.173. The summed E-state index contributed by atoms with van der Waals surface area (Å²) in [5, 5.41) is 52.4. The molecular formula is C27H41N7O10. The Bertz CT molecular complexity index is 1180. The fraction of sp³-hybridized carbons (Fsp3) is 0.556. The monoisotopic (exact) mass is 623 g/mol. The van der Waals surface area contributed by atoms with Crippen molar-refractivity contribution in [3.63, 3.8) is 0 Å². The predicted octanol–water partition coefficient (Wildman–Crippen LogP) is -2.42. The number of benzene rings is 1. The quantitative estimate of drug-likeness (QED) is 0.0692. The minimum absolute atomic E-state index is 0.105. The normalized spacial score (nSPS) is 16.7. The second-order valence-corrected chi connectivity index (χ2v) is 10.2. The Morgan fingerprint density at radius 1 is 1.07 bits per heavy atom. The van der Waals surface area contributed by atoms with Crippen molar-refractivity contribution in [3.05, 3.63) is 29.8 Å². The van der Waals surface area contributed by atoms with Crippen LogP contribution < -0.4 is 26.6 Å². The molecule has 9 N–H and O–H groups in total. The molecule has 0 saturated carbocycles. The van der Waals surface area contributed by atoms with Gasteiger partial charge in [-0.2, -0.15) is 0 Å². The highest BCUT2D eigenvalue weighted by Gasteiger charge is 2.31. The average molecular weight is 624 g/mol. The van der Waals surface area contributed by atoms with Gasteiger partial charge in [0.05, 0.1) is 18.2 Å². The van der Waals surface area contributed by atoms with E-state index in [0.717, 1.165) is 0 Å². The van der Waals surface area contributed by atoms with E-state index < -0.39 is 66.2 Å². The summed E-state index contributed by atoms with van der Waals surface area (Å²) in [4.78, 5) is 73.9. The smallest absolute Gasteiger partial charge is 0.268 e. The van der Waals surface area contributed by atoms with Crippen molar-refractivity contribution in [2.75, 3.05) is 33.3 Å². The first-order valence-corrected chi connectivity index (χ1v) is 14.1. The maximum absolute atomic E-state index is 12.5. The van der Waals surface area contributed by atoms with Crippen LogP contribution in [0.25, 0.3) is 0 Å². The summed E-state index contributed by atoms with van der Waals surface area (Å²) in [6, 6.07) is 1.58. The van der Waals surface area contributed by atoms with Crippen LogP contribution in [0.2, 0.25) is 0 Å². The Kier molecular flexibility index (Phi) is 14.4. The number of hydroxylamine groups is 4. The molecule has 1 saturated heterocycles. The van der Waals surface area contributed by atoms with Crippen molar-refractivity contribution >= 4 is 35.4 Å². The number of aliphatic hydroxyl groups is 1. The zero-order chi connectivity index (χ0) is 32.8. The van der Waals surface area contributed by atoms with Crippen molar-refractivity contribution in [1.29, 1.82) is 0 Å². The molecule has 0 aliphatic carbocycles. The van der Waals surface area contributed by atoms with Crippen LogP contribution in [0.4, 0.5) is 0 Å². The fourth-order valence-corrected chi connectivity index (χ4v) is 4.29. The van der Waals surface area contributed by atoms with E-state index in [1.54, 1.807) is 7.05 Å². The third kappa shape index (κ3) is 10.7. The van der Waals surface area contributed by atoms with Crippen molar-refractivity contribution in [3.8, 4) is 5.75 Å². The minimum Gasteiger partial charge on any atom is -0.507 e. The number of phenolic OH excluding ortho intramolecular Hbond substituents is 1. The Labute approximate surface area is 253 Å². The lowest BCUT2D eigenvalue weighted by Gasteiger charge is -2.29. The summed E-state index contributed by atoms with van der Waals surface area (Å²) in [7, 11) is 1.55. The van der Waals surface area contributed by atoms with E-state index in [0.29, 0.717) is 23.0 Å². The number of phenols is 1. The Morgan fingerprint density at radius 2 is 1.77 bits per heavy atom. The molecule has 0 unspecified atom stereocenters. The van der Waals surface area contributed by atoms with Gasteiger partial charge in [0.2, 0.25) is 23.6 Å². The molecule has 0 bridgehead atoms. The van der Waals surface area contributed by atoms with Crippen LogP contribution in [0.15, 0.2) is 24.3 Å². The van der Waals surface area contributed by atoms with Crippen LogP contribution in [0.1, 0.15) is 49.4 Å². The molecule has 1 heterocycles. The maximum atomic E-state index is 12.5. The third-order valence-corrected chi connectivity index (χ3v) is 6.89. The van der Waals surface area contributed by atoms with Crippen LogP contribution in [0.5, 0.6) is 5.75 Å². The molecule has 17 heteroatoms. The molecule has 17 nitrogen and oxygen atoms in total. The number of aliphatic hydroxyl groups excluding tert-OH is 1. The molecule has 44 heavy (non-hydrogen) atoms. The number of piperidine rings is 1. The van der Waals surface area contributed by atoms with Gasteiger partial charge in [-0.25, -0.2) is 10.1 Å². The highest BCUT2D eigenvalue weighted by molar-refractivity contribution is 6.00. The predicted molar refractivity (Wildman–Crippen MR) is 152 cm³/mol. The van der Waals surface area contributed by atoms with E-state index in [2.05, 4.69) is 26.6 Å². The van der Waals surface area contributed by atoms with E-state index in [-0.39, 0.29) is 50.2 Å². The van der Waals surface area contributed by atoms with Crippen LogP contribution >= 0.6 is 0 Å². The Morgan fingerprint density at radius 3 is 2.43 bits per heavy atom. The van der Waals surface area contributed by atoms with E-state index in [1.165, 1.54) is 31.2 Å². The SMILES string of the molecule is CN[C@H](CCCN(O)C(=O)CCNC(=O)[C@H](C)NC(=O)[C@@H](CO)NC(=O)c1ccccc1O)C(=O)N[C@H]1CCCN(O)C1=O. The number of carbonyl (C=O) groups excluding carboxylic acids is 6. The van der Waals surface area contributed by atoms with Gasteiger partial charge in [0.1, 0.15) is 23.9 Å². The molecule has 1 aliphatic rings. The summed E-state index contributed by atoms with van der Waals surface area (Å²) in [5.74, 6) is -4.38. The van der Waals surface area contributed by atoms with E-state index in [9.17, 15) is 49.4 Å². The highest BCUT2D eigenvalue weighted by Crippen LogP contribution is 2.15. The van der Waals surface area contributed by atoms with E-state index in [1.807, 2.05) is 0 Å².